The first-order valence-corrected chi connectivity index (χ1v) is 8.92. The number of hydrogen-bond acceptors (Lipinski definition) is 4. The minimum atomic E-state index is -3.49. The molecule has 1 aromatic heterocycles. The molecule has 0 saturated carbocycles. The molecule has 2 amide bonds. The molecule has 0 atom stereocenters. The van der Waals surface area contributed by atoms with Gasteiger partial charge in [0, 0.05) is 25.5 Å². The SMILES string of the molecule is CNS(=O)(=O)c1cccc(CNC(=O)NCCc2cccnc2)c1. The Morgan fingerprint density at radius 1 is 1.12 bits per heavy atom. The van der Waals surface area contributed by atoms with Crippen molar-refractivity contribution in [2.75, 3.05) is 13.6 Å². The van der Waals surface area contributed by atoms with Crippen molar-refractivity contribution >= 4 is 16.1 Å². The average molecular weight is 348 g/mol. The zero-order valence-corrected chi connectivity index (χ0v) is 14.1. The van der Waals surface area contributed by atoms with Gasteiger partial charge in [0.1, 0.15) is 0 Å². The third-order valence-corrected chi connectivity index (χ3v) is 4.76. The zero-order chi connectivity index (χ0) is 17.4. The molecular weight excluding hydrogens is 328 g/mol. The Hall–Kier alpha value is -2.45. The van der Waals surface area contributed by atoms with Crippen LogP contribution in [0.3, 0.4) is 0 Å². The molecule has 3 N–H and O–H groups in total. The molecule has 1 heterocycles. The van der Waals surface area contributed by atoms with Gasteiger partial charge in [-0.25, -0.2) is 17.9 Å². The number of amides is 2. The van der Waals surface area contributed by atoms with Crippen LogP contribution in [0.25, 0.3) is 0 Å². The molecule has 0 saturated heterocycles. The molecule has 0 aliphatic carbocycles. The molecule has 0 radical (unpaired) electrons. The van der Waals surface area contributed by atoms with Crippen LogP contribution in [0.15, 0.2) is 53.7 Å². The molecule has 24 heavy (non-hydrogen) atoms. The van der Waals surface area contributed by atoms with Crippen molar-refractivity contribution < 1.29 is 13.2 Å². The summed E-state index contributed by atoms with van der Waals surface area (Å²) in [7, 11) is -2.13. The lowest BCUT2D eigenvalue weighted by Gasteiger charge is -2.09. The number of rotatable bonds is 7. The number of urea groups is 1. The zero-order valence-electron chi connectivity index (χ0n) is 13.3. The van der Waals surface area contributed by atoms with Gasteiger partial charge < -0.3 is 10.6 Å². The van der Waals surface area contributed by atoms with E-state index in [2.05, 4.69) is 20.3 Å². The normalized spacial score (nSPS) is 11.0. The third kappa shape index (κ3) is 5.32. The fraction of sp³-hybridized carbons (Fsp3) is 0.250. The minimum absolute atomic E-state index is 0.168. The average Bonchev–Trinajstić information content (AvgIpc) is 2.61. The van der Waals surface area contributed by atoms with Crippen molar-refractivity contribution in [3.63, 3.8) is 0 Å². The first kappa shape index (κ1) is 17.9. The van der Waals surface area contributed by atoms with Crippen molar-refractivity contribution in [1.82, 2.24) is 20.3 Å². The molecule has 1 aromatic carbocycles. The maximum atomic E-state index is 11.8. The van der Waals surface area contributed by atoms with Crippen molar-refractivity contribution in [3.05, 3.63) is 59.9 Å². The maximum Gasteiger partial charge on any atom is 0.315 e. The van der Waals surface area contributed by atoms with Crippen molar-refractivity contribution in [3.8, 4) is 0 Å². The number of hydrogen-bond donors (Lipinski definition) is 3. The molecule has 0 bridgehead atoms. The van der Waals surface area contributed by atoms with Gasteiger partial charge in [-0.15, -0.1) is 0 Å². The quantitative estimate of drug-likeness (QED) is 0.696. The summed E-state index contributed by atoms with van der Waals surface area (Å²) in [5.74, 6) is 0. The number of sulfonamides is 1. The van der Waals surface area contributed by atoms with Gasteiger partial charge in [-0.1, -0.05) is 18.2 Å². The first-order chi connectivity index (χ1) is 11.5. The second-order valence-corrected chi connectivity index (χ2v) is 6.96. The summed E-state index contributed by atoms with van der Waals surface area (Å²) in [4.78, 5) is 16.0. The van der Waals surface area contributed by atoms with Gasteiger partial charge in [0.2, 0.25) is 10.0 Å². The predicted molar refractivity (Wildman–Crippen MR) is 90.9 cm³/mol. The summed E-state index contributed by atoms with van der Waals surface area (Å²) in [5.41, 5.74) is 1.75. The fourth-order valence-corrected chi connectivity index (χ4v) is 2.85. The Kier molecular flexibility index (Phi) is 6.28. The van der Waals surface area contributed by atoms with Crippen LogP contribution in [0.2, 0.25) is 0 Å². The van der Waals surface area contributed by atoms with E-state index in [9.17, 15) is 13.2 Å². The number of benzene rings is 1. The first-order valence-electron chi connectivity index (χ1n) is 7.44. The molecule has 0 fully saturated rings. The highest BCUT2D eigenvalue weighted by atomic mass is 32.2. The van der Waals surface area contributed by atoms with Crippen LogP contribution < -0.4 is 15.4 Å². The summed E-state index contributed by atoms with van der Waals surface area (Å²) < 4.78 is 25.8. The standard InChI is InChI=1S/C16H20N4O3S/c1-17-24(22,23)15-6-2-4-14(10-15)12-20-16(21)19-9-7-13-5-3-8-18-11-13/h2-6,8,10-11,17H,7,9,12H2,1H3,(H2,19,20,21). The summed E-state index contributed by atoms with van der Waals surface area (Å²) in [5, 5.41) is 5.45. The van der Waals surface area contributed by atoms with E-state index < -0.39 is 10.0 Å². The van der Waals surface area contributed by atoms with E-state index in [1.165, 1.54) is 19.2 Å². The lowest BCUT2D eigenvalue weighted by molar-refractivity contribution is 0.240. The van der Waals surface area contributed by atoms with Crippen molar-refractivity contribution in [2.24, 2.45) is 0 Å². The van der Waals surface area contributed by atoms with Crippen LogP contribution >= 0.6 is 0 Å². The number of carbonyl (C=O) groups excluding carboxylic acids is 1. The predicted octanol–water partition coefficient (Wildman–Crippen LogP) is 1.03. The highest BCUT2D eigenvalue weighted by Crippen LogP contribution is 2.10. The van der Waals surface area contributed by atoms with Crippen LogP contribution in [-0.4, -0.2) is 33.0 Å². The van der Waals surface area contributed by atoms with E-state index in [0.717, 1.165) is 5.56 Å². The Bertz CT molecular complexity index is 779. The van der Waals surface area contributed by atoms with Crippen molar-refractivity contribution in [1.29, 1.82) is 0 Å². The van der Waals surface area contributed by atoms with Gasteiger partial charge in [-0.3, -0.25) is 4.98 Å². The smallest absolute Gasteiger partial charge is 0.315 e. The van der Waals surface area contributed by atoms with Gasteiger partial charge >= 0.3 is 6.03 Å². The van der Waals surface area contributed by atoms with Crippen LogP contribution in [0.1, 0.15) is 11.1 Å². The Morgan fingerprint density at radius 2 is 1.92 bits per heavy atom. The van der Waals surface area contributed by atoms with E-state index in [1.807, 2.05) is 12.1 Å². The van der Waals surface area contributed by atoms with Gasteiger partial charge in [0.15, 0.2) is 0 Å². The fourth-order valence-electron chi connectivity index (χ4n) is 2.05. The monoisotopic (exact) mass is 348 g/mol. The van der Waals surface area contributed by atoms with Crippen molar-refractivity contribution in [2.45, 2.75) is 17.9 Å². The summed E-state index contributed by atoms with van der Waals surface area (Å²) >= 11 is 0. The molecule has 8 heteroatoms. The van der Waals surface area contributed by atoms with E-state index in [4.69, 9.17) is 0 Å². The molecule has 0 aliphatic rings. The van der Waals surface area contributed by atoms with Crippen LogP contribution in [-0.2, 0) is 23.0 Å². The van der Waals surface area contributed by atoms with E-state index in [0.29, 0.717) is 18.5 Å². The molecule has 2 aromatic rings. The highest BCUT2D eigenvalue weighted by Gasteiger charge is 2.11. The van der Waals surface area contributed by atoms with Gasteiger partial charge in [0.25, 0.3) is 0 Å². The van der Waals surface area contributed by atoms with Gasteiger partial charge in [-0.05, 0) is 42.8 Å². The van der Waals surface area contributed by atoms with Crippen LogP contribution in [0.4, 0.5) is 4.79 Å². The largest absolute Gasteiger partial charge is 0.338 e. The molecule has 7 nitrogen and oxygen atoms in total. The summed E-state index contributed by atoms with van der Waals surface area (Å²) in [6.07, 6.45) is 4.15. The Morgan fingerprint density at radius 3 is 2.62 bits per heavy atom. The second-order valence-electron chi connectivity index (χ2n) is 5.08. The minimum Gasteiger partial charge on any atom is -0.338 e. The molecule has 128 valence electrons. The number of pyridine rings is 1. The Balaban J connectivity index is 1.80. The van der Waals surface area contributed by atoms with Crippen LogP contribution in [0, 0.1) is 0 Å². The lowest BCUT2D eigenvalue weighted by atomic mass is 10.2. The topological polar surface area (TPSA) is 100 Å². The third-order valence-electron chi connectivity index (χ3n) is 3.35. The molecular formula is C16H20N4O3S. The number of nitrogens with one attached hydrogen (secondary N) is 3. The summed E-state index contributed by atoms with van der Waals surface area (Å²) in [6, 6.07) is 9.92. The molecule has 2 rings (SSSR count). The number of aromatic nitrogens is 1. The Labute approximate surface area is 141 Å². The lowest BCUT2D eigenvalue weighted by Crippen LogP contribution is -2.36. The summed E-state index contributed by atoms with van der Waals surface area (Å²) in [6.45, 7) is 0.734. The second kappa shape index (κ2) is 8.42. The molecule has 0 unspecified atom stereocenters. The van der Waals surface area contributed by atoms with E-state index >= 15 is 0 Å². The van der Waals surface area contributed by atoms with Gasteiger partial charge in [-0.2, -0.15) is 0 Å². The molecule has 0 aliphatic heterocycles. The van der Waals surface area contributed by atoms with Crippen LogP contribution in [0.5, 0.6) is 0 Å². The van der Waals surface area contributed by atoms with Gasteiger partial charge in [0.05, 0.1) is 4.90 Å². The number of nitrogens with zero attached hydrogens (tertiary/aromatic N) is 1. The molecule has 0 spiro atoms. The van der Waals surface area contributed by atoms with E-state index in [1.54, 1.807) is 24.5 Å². The highest BCUT2D eigenvalue weighted by molar-refractivity contribution is 7.89. The van der Waals surface area contributed by atoms with E-state index in [-0.39, 0.29) is 17.5 Å². The maximum absolute atomic E-state index is 11.8. The number of carbonyl (C=O) groups is 1.